The third kappa shape index (κ3) is 3.93. The van der Waals surface area contributed by atoms with Crippen LogP contribution in [-0.2, 0) is 21.8 Å². The van der Waals surface area contributed by atoms with Gasteiger partial charge in [0.05, 0.1) is 16.1 Å². The Morgan fingerprint density at radius 2 is 1.74 bits per heavy atom. The van der Waals surface area contributed by atoms with Crippen LogP contribution in [0.3, 0.4) is 0 Å². The Bertz CT molecular complexity index is 1520. The summed E-state index contributed by atoms with van der Waals surface area (Å²) < 4.78 is 82.0. The first kappa shape index (κ1) is 23.5. The summed E-state index contributed by atoms with van der Waals surface area (Å²) in [5.74, 6) is 1.53. The molecule has 2 aromatic heterocycles. The Kier molecular flexibility index (Phi) is 5.71. The van der Waals surface area contributed by atoms with Gasteiger partial charge in [-0.15, -0.1) is 12.3 Å². The minimum absolute atomic E-state index is 0.0146. The summed E-state index contributed by atoms with van der Waals surface area (Å²) in [6.45, 7) is 0. The highest BCUT2D eigenvalue weighted by molar-refractivity contribution is 7.90. The van der Waals surface area contributed by atoms with Crippen LogP contribution in [0.4, 0.5) is 17.6 Å². The largest absolute Gasteiger partial charge is 0.433 e. The number of hydrogen-bond acceptors (Lipinski definition) is 4. The second kappa shape index (κ2) is 8.27. The molecule has 0 fully saturated rings. The quantitative estimate of drug-likeness (QED) is 0.327. The molecule has 0 saturated carbocycles. The second-order valence-electron chi connectivity index (χ2n) is 7.48. The molecule has 0 aliphatic carbocycles. The summed E-state index contributed by atoms with van der Waals surface area (Å²) in [7, 11) is -4.39. The van der Waals surface area contributed by atoms with Gasteiger partial charge in [0.15, 0.2) is 0 Å². The van der Waals surface area contributed by atoms with Crippen molar-refractivity contribution >= 4 is 20.9 Å². The van der Waals surface area contributed by atoms with Gasteiger partial charge in [-0.3, -0.25) is 4.98 Å². The lowest BCUT2D eigenvalue weighted by molar-refractivity contribution is -0.141. The van der Waals surface area contributed by atoms with Crippen molar-refractivity contribution in [1.82, 2.24) is 8.96 Å². The van der Waals surface area contributed by atoms with Crippen molar-refractivity contribution in [1.29, 1.82) is 0 Å². The van der Waals surface area contributed by atoms with E-state index in [1.54, 1.807) is 6.07 Å². The Morgan fingerprint density at radius 3 is 2.38 bits per heavy atom. The number of aliphatic hydroxyl groups is 1. The first-order valence-electron chi connectivity index (χ1n) is 9.80. The zero-order valence-electron chi connectivity index (χ0n) is 17.3. The lowest BCUT2D eigenvalue weighted by Crippen LogP contribution is -2.32. The number of alkyl halides is 3. The van der Waals surface area contributed by atoms with Crippen LogP contribution in [0.15, 0.2) is 77.8 Å². The van der Waals surface area contributed by atoms with E-state index in [2.05, 4.69) is 10.9 Å². The predicted molar refractivity (Wildman–Crippen MR) is 117 cm³/mol. The highest BCUT2D eigenvalue weighted by Crippen LogP contribution is 2.40. The molecule has 1 N–H and O–H groups in total. The number of hydrogen-bond donors (Lipinski definition) is 1. The number of benzene rings is 2. The summed E-state index contributed by atoms with van der Waals surface area (Å²) in [6, 6.07) is 13.5. The molecule has 0 radical (unpaired) electrons. The normalized spacial score (nSPS) is 14.0. The molecule has 34 heavy (non-hydrogen) atoms. The van der Waals surface area contributed by atoms with Crippen LogP contribution in [0.5, 0.6) is 0 Å². The van der Waals surface area contributed by atoms with Gasteiger partial charge in [0, 0.05) is 18.0 Å². The van der Waals surface area contributed by atoms with Gasteiger partial charge in [-0.25, -0.2) is 16.8 Å². The summed E-state index contributed by atoms with van der Waals surface area (Å²) >= 11 is 0. The zero-order chi connectivity index (χ0) is 24.7. The van der Waals surface area contributed by atoms with Gasteiger partial charge >= 0.3 is 6.18 Å². The van der Waals surface area contributed by atoms with E-state index in [4.69, 9.17) is 6.42 Å². The number of aromatic nitrogens is 2. The summed E-state index contributed by atoms with van der Waals surface area (Å²) in [4.78, 5) is 3.14. The minimum Gasteiger partial charge on any atom is -0.378 e. The van der Waals surface area contributed by atoms with E-state index in [1.165, 1.54) is 36.4 Å². The predicted octanol–water partition coefficient (Wildman–Crippen LogP) is 4.69. The van der Waals surface area contributed by atoms with Crippen molar-refractivity contribution in [3.05, 3.63) is 95.7 Å². The van der Waals surface area contributed by atoms with Gasteiger partial charge < -0.3 is 5.11 Å². The van der Waals surface area contributed by atoms with Gasteiger partial charge in [0.1, 0.15) is 17.1 Å². The number of terminal acetylenes is 1. The van der Waals surface area contributed by atoms with Crippen molar-refractivity contribution in [2.24, 2.45) is 0 Å². The van der Waals surface area contributed by atoms with E-state index in [0.717, 1.165) is 28.4 Å². The number of nitrogens with zero attached hydrogens (tertiary/aromatic N) is 2. The van der Waals surface area contributed by atoms with E-state index < -0.39 is 39.7 Å². The van der Waals surface area contributed by atoms with Crippen molar-refractivity contribution in [3.8, 4) is 12.3 Å². The number of pyridine rings is 1. The highest BCUT2D eigenvalue weighted by Gasteiger charge is 2.40. The third-order valence-electron chi connectivity index (χ3n) is 5.31. The van der Waals surface area contributed by atoms with Crippen LogP contribution in [0, 0.1) is 18.2 Å². The molecule has 5 nitrogen and oxygen atoms in total. The summed E-state index contributed by atoms with van der Waals surface area (Å²) in [5, 5.41) is 11.8. The standard InChI is InChI=1S/C24H16F4N2O3S/c1-2-11-23(31,17-10-12-29-21(15-17)24(26,27)28)22-14-16-13-18(25)8-9-20(16)30(22)34(32,33)19-6-4-3-5-7-19/h1,3-10,12-15,31H,11H2. The maximum Gasteiger partial charge on any atom is 0.433 e. The zero-order valence-corrected chi connectivity index (χ0v) is 18.1. The molecule has 4 rings (SSSR count). The number of halogens is 4. The molecule has 4 aromatic rings. The Hall–Kier alpha value is -3.68. The van der Waals surface area contributed by atoms with Crippen LogP contribution in [0.2, 0.25) is 0 Å². The first-order valence-corrected chi connectivity index (χ1v) is 11.2. The van der Waals surface area contributed by atoms with Gasteiger partial charge in [-0.05, 0) is 54.1 Å². The summed E-state index contributed by atoms with van der Waals surface area (Å²) in [5.41, 5.74) is -4.31. The van der Waals surface area contributed by atoms with Crippen LogP contribution in [0.25, 0.3) is 10.9 Å². The molecule has 0 spiro atoms. The average Bonchev–Trinajstić information content (AvgIpc) is 3.19. The monoisotopic (exact) mass is 488 g/mol. The smallest absolute Gasteiger partial charge is 0.378 e. The maximum absolute atomic E-state index is 14.0. The van der Waals surface area contributed by atoms with E-state index in [1.807, 2.05) is 0 Å². The molecular formula is C24H16F4N2O3S. The Labute approximate surface area is 192 Å². The Morgan fingerprint density at radius 1 is 1.03 bits per heavy atom. The second-order valence-corrected chi connectivity index (χ2v) is 9.27. The van der Waals surface area contributed by atoms with E-state index in [9.17, 15) is 31.1 Å². The van der Waals surface area contributed by atoms with Gasteiger partial charge in [0.2, 0.25) is 0 Å². The maximum atomic E-state index is 14.0. The van der Waals surface area contributed by atoms with Gasteiger partial charge in [-0.1, -0.05) is 18.2 Å². The van der Waals surface area contributed by atoms with Crippen LogP contribution < -0.4 is 0 Å². The minimum atomic E-state index is -4.82. The molecule has 1 atom stereocenters. The number of fused-ring (bicyclic) bond motifs is 1. The molecule has 0 amide bonds. The van der Waals surface area contributed by atoms with E-state index in [0.29, 0.717) is 6.07 Å². The van der Waals surface area contributed by atoms with Crippen molar-refractivity contribution in [2.75, 3.05) is 0 Å². The highest BCUT2D eigenvalue weighted by atomic mass is 32.2. The summed E-state index contributed by atoms with van der Waals surface area (Å²) in [6.07, 6.45) is 0.888. The molecule has 10 heteroatoms. The first-order chi connectivity index (χ1) is 16.0. The fraction of sp³-hybridized carbons (Fsp3) is 0.125. The Balaban J connectivity index is 2.08. The van der Waals surface area contributed by atoms with Crippen LogP contribution >= 0.6 is 0 Å². The lowest BCUT2D eigenvalue weighted by atomic mass is 9.87. The van der Waals surface area contributed by atoms with Crippen molar-refractivity contribution in [2.45, 2.75) is 23.1 Å². The van der Waals surface area contributed by atoms with Crippen LogP contribution in [0.1, 0.15) is 23.4 Å². The molecule has 0 aliphatic heterocycles. The van der Waals surface area contributed by atoms with E-state index >= 15 is 0 Å². The number of rotatable bonds is 5. The average molecular weight is 488 g/mol. The lowest BCUT2D eigenvalue weighted by Gasteiger charge is -2.29. The van der Waals surface area contributed by atoms with E-state index in [-0.39, 0.29) is 27.1 Å². The molecule has 0 saturated heterocycles. The van der Waals surface area contributed by atoms with Gasteiger partial charge in [0.25, 0.3) is 10.0 Å². The van der Waals surface area contributed by atoms with Crippen LogP contribution in [-0.4, -0.2) is 22.5 Å². The molecular weight excluding hydrogens is 472 g/mol. The molecule has 2 heterocycles. The van der Waals surface area contributed by atoms with Gasteiger partial charge in [-0.2, -0.15) is 13.2 Å². The molecule has 174 valence electrons. The molecule has 0 bridgehead atoms. The fourth-order valence-electron chi connectivity index (χ4n) is 3.74. The fourth-order valence-corrected chi connectivity index (χ4v) is 5.34. The molecule has 1 unspecified atom stereocenters. The van der Waals surface area contributed by atoms with Crippen molar-refractivity contribution < 1.29 is 31.1 Å². The van der Waals surface area contributed by atoms with Crippen molar-refractivity contribution in [3.63, 3.8) is 0 Å². The molecule has 0 aliphatic rings. The topological polar surface area (TPSA) is 72.2 Å². The third-order valence-corrected chi connectivity index (χ3v) is 7.05. The SMILES string of the molecule is C#CCC(O)(c1ccnc(C(F)(F)F)c1)c1cc2cc(F)ccc2n1S(=O)(=O)c1ccccc1. The molecule has 2 aromatic carbocycles.